The standard InChI is InChI=1S/C26H41N3O2S.C2H6/c1-8-23(20-9-11-22(12-10-20)29(6)7)25-19(4)24(16-32-25)26(31)28-14-21(15-30)17(2)13-18(3)27-5;1-2/h13,15-16,20,22-23,27H,8-12,14H2,1-7H3,(H,28,31);1-2H3/b18-13-,21-17-;. The van der Waals surface area contributed by atoms with E-state index in [9.17, 15) is 9.59 Å². The molecule has 2 N–H and O–H groups in total. The van der Waals surface area contributed by atoms with Crippen molar-refractivity contribution in [2.24, 2.45) is 5.92 Å². The van der Waals surface area contributed by atoms with E-state index in [2.05, 4.69) is 43.5 Å². The van der Waals surface area contributed by atoms with Crippen molar-refractivity contribution in [2.75, 3.05) is 27.7 Å². The molecule has 2 rings (SSSR count). The van der Waals surface area contributed by atoms with E-state index in [0.717, 1.165) is 35.1 Å². The minimum atomic E-state index is -0.0994. The van der Waals surface area contributed by atoms with Crippen LogP contribution in [0.25, 0.3) is 0 Å². The van der Waals surface area contributed by atoms with Crippen LogP contribution in [0.1, 0.15) is 93.4 Å². The SMILES string of the molecule is CC.CCC(c1scc(C(=O)NC/C(C=O)=C(C)/C=C(/C)NC)c1C)C1CCC(N(C)C)CC1. The molecule has 1 aliphatic carbocycles. The predicted molar refractivity (Wildman–Crippen MR) is 147 cm³/mol. The predicted octanol–water partition coefficient (Wildman–Crippen LogP) is 6.07. The zero-order chi connectivity index (χ0) is 25.8. The van der Waals surface area contributed by atoms with Gasteiger partial charge >= 0.3 is 0 Å². The van der Waals surface area contributed by atoms with Crippen molar-refractivity contribution in [2.45, 2.75) is 85.6 Å². The number of allylic oxidation sites excluding steroid dienone is 3. The monoisotopic (exact) mass is 489 g/mol. The van der Waals surface area contributed by atoms with E-state index in [1.165, 1.54) is 30.6 Å². The van der Waals surface area contributed by atoms with E-state index in [1.807, 2.05) is 46.2 Å². The van der Waals surface area contributed by atoms with Crippen LogP contribution in [-0.2, 0) is 4.79 Å². The van der Waals surface area contributed by atoms with Gasteiger partial charge in [-0.05, 0) is 96.0 Å². The third kappa shape index (κ3) is 8.09. The zero-order valence-corrected chi connectivity index (χ0v) is 23.7. The summed E-state index contributed by atoms with van der Waals surface area (Å²) >= 11 is 1.73. The third-order valence-corrected chi connectivity index (χ3v) is 8.27. The van der Waals surface area contributed by atoms with Crippen LogP contribution >= 0.6 is 11.3 Å². The first-order valence-corrected chi connectivity index (χ1v) is 13.6. The van der Waals surface area contributed by atoms with Crippen LogP contribution in [0, 0.1) is 12.8 Å². The Kier molecular flexibility index (Phi) is 13.4. The number of hydrogen-bond donors (Lipinski definition) is 2. The summed E-state index contributed by atoms with van der Waals surface area (Å²) < 4.78 is 0. The maximum atomic E-state index is 12.9. The summed E-state index contributed by atoms with van der Waals surface area (Å²) in [6, 6.07) is 0.699. The minimum absolute atomic E-state index is 0.0994. The van der Waals surface area contributed by atoms with Crippen molar-refractivity contribution in [3.05, 3.63) is 44.3 Å². The average Bonchev–Trinajstić information content (AvgIpc) is 3.22. The van der Waals surface area contributed by atoms with Crippen molar-refractivity contribution in [3.63, 3.8) is 0 Å². The quantitative estimate of drug-likeness (QED) is 0.238. The first-order chi connectivity index (χ1) is 16.2. The lowest BCUT2D eigenvalue weighted by atomic mass is 9.75. The van der Waals surface area contributed by atoms with E-state index >= 15 is 0 Å². The Morgan fingerprint density at radius 2 is 1.82 bits per heavy atom. The van der Waals surface area contributed by atoms with E-state index < -0.39 is 0 Å². The molecule has 6 heteroatoms. The molecule has 5 nitrogen and oxygen atoms in total. The molecule has 1 atom stereocenters. The highest BCUT2D eigenvalue weighted by Crippen LogP contribution is 2.42. The fourth-order valence-corrected chi connectivity index (χ4v) is 6.16. The van der Waals surface area contributed by atoms with Gasteiger partial charge in [-0.1, -0.05) is 20.8 Å². The van der Waals surface area contributed by atoms with Gasteiger partial charge in [0.05, 0.1) is 5.56 Å². The Labute approximate surface area is 212 Å². The number of thiophene rings is 1. The molecule has 0 aliphatic heterocycles. The van der Waals surface area contributed by atoms with E-state index in [-0.39, 0.29) is 12.5 Å². The number of rotatable bonds is 10. The summed E-state index contributed by atoms with van der Waals surface area (Å²) in [7, 11) is 6.21. The summed E-state index contributed by atoms with van der Waals surface area (Å²) in [6.45, 7) is 12.4. The number of carbonyl (C=O) groups excluding carboxylic acids is 2. The van der Waals surface area contributed by atoms with Crippen LogP contribution in [0.4, 0.5) is 0 Å². The van der Waals surface area contributed by atoms with E-state index in [4.69, 9.17) is 0 Å². The molecule has 0 radical (unpaired) electrons. The van der Waals surface area contributed by atoms with Gasteiger partial charge in [0.15, 0.2) is 0 Å². The molecule has 1 fully saturated rings. The summed E-state index contributed by atoms with van der Waals surface area (Å²) in [6.07, 6.45) is 8.88. The molecule has 1 heterocycles. The average molecular weight is 490 g/mol. The second-order valence-corrected chi connectivity index (χ2v) is 10.2. The molecule has 1 unspecified atom stereocenters. The second kappa shape index (κ2) is 15.2. The third-order valence-electron chi connectivity index (χ3n) is 7.05. The molecule has 192 valence electrons. The van der Waals surface area contributed by atoms with Crippen molar-refractivity contribution in [1.82, 2.24) is 15.5 Å². The second-order valence-electron chi connectivity index (χ2n) is 9.27. The van der Waals surface area contributed by atoms with Crippen molar-refractivity contribution in [1.29, 1.82) is 0 Å². The fraction of sp³-hybridized carbons (Fsp3) is 0.643. The van der Waals surface area contributed by atoms with Gasteiger partial charge in [0.1, 0.15) is 6.29 Å². The van der Waals surface area contributed by atoms with E-state index in [0.29, 0.717) is 23.5 Å². The van der Waals surface area contributed by atoms with Crippen LogP contribution in [0.3, 0.4) is 0 Å². The molecule has 0 aromatic carbocycles. The maximum absolute atomic E-state index is 12.9. The summed E-state index contributed by atoms with van der Waals surface area (Å²) in [4.78, 5) is 28.2. The van der Waals surface area contributed by atoms with Crippen molar-refractivity contribution in [3.8, 4) is 0 Å². The molecule has 1 aromatic rings. The molecular formula is C28H47N3O2S. The summed E-state index contributed by atoms with van der Waals surface area (Å²) in [5, 5.41) is 8.00. The van der Waals surface area contributed by atoms with Gasteiger partial charge in [-0.25, -0.2) is 0 Å². The molecule has 1 aliphatic rings. The molecule has 1 saturated carbocycles. The highest BCUT2D eigenvalue weighted by Gasteiger charge is 2.31. The van der Waals surface area contributed by atoms with Crippen molar-refractivity contribution < 1.29 is 9.59 Å². The van der Waals surface area contributed by atoms with Gasteiger partial charge in [0, 0.05) is 41.2 Å². The number of aldehydes is 1. The molecule has 0 bridgehead atoms. The Morgan fingerprint density at radius 3 is 2.32 bits per heavy atom. The molecule has 34 heavy (non-hydrogen) atoms. The molecule has 1 aromatic heterocycles. The molecule has 1 amide bonds. The van der Waals surface area contributed by atoms with E-state index in [1.54, 1.807) is 11.3 Å². The van der Waals surface area contributed by atoms with Gasteiger partial charge in [0.25, 0.3) is 5.91 Å². The van der Waals surface area contributed by atoms with Gasteiger partial charge in [-0.2, -0.15) is 0 Å². The van der Waals surface area contributed by atoms with Gasteiger partial charge in [-0.3, -0.25) is 9.59 Å². The smallest absolute Gasteiger partial charge is 0.252 e. The number of nitrogens with zero attached hydrogens (tertiary/aromatic N) is 1. The number of hydrogen-bond acceptors (Lipinski definition) is 5. The zero-order valence-electron chi connectivity index (χ0n) is 22.9. The summed E-state index contributed by atoms with van der Waals surface area (Å²) in [5.41, 5.74) is 4.26. The Bertz CT molecular complexity index is 846. The van der Waals surface area contributed by atoms with Crippen LogP contribution in [0.2, 0.25) is 0 Å². The Morgan fingerprint density at radius 1 is 1.21 bits per heavy atom. The van der Waals surface area contributed by atoms with Crippen LogP contribution in [0.5, 0.6) is 0 Å². The normalized spacial score (nSPS) is 20.1. The first kappa shape index (κ1) is 30.1. The molecule has 0 spiro atoms. The lowest BCUT2D eigenvalue weighted by Crippen LogP contribution is -2.33. The topological polar surface area (TPSA) is 61.4 Å². The maximum Gasteiger partial charge on any atom is 0.252 e. The molecular weight excluding hydrogens is 442 g/mol. The fourth-order valence-electron chi connectivity index (χ4n) is 4.81. The lowest BCUT2D eigenvalue weighted by molar-refractivity contribution is -0.105. The van der Waals surface area contributed by atoms with Crippen LogP contribution in [0.15, 0.2) is 28.3 Å². The van der Waals surface area contributed by atoms with Crippen molar-refractivity contribution >= 4 is 23.5 Å². The minimum Gasteiger partial charge on any atom is -0.392 e. The largest absolute Gasteiger partial charge is 0.392 e. The van der Waals surface area contributed by atoms with Crippen LogP contribution < -0.4 is 10.6 Å². The first-order valence-electron chi connectivity index (χ1n) is 12.8. The Hall–Kier alpha value is -1.92. The highest BCUT2D eigenvalue weighted by atomic mass is 32.1. The van der Waals surface area contributed by atoms with Gasteiger partial charge in [-0.15, -0.1) is 11.3 Å². The van der Waals surface area contributed by atoms with Gasteiger partial charge in [0.2, 0.25) is 0 Å². The highest BCUT2D eigenvalue weighted by molar-refractivity contribution is 7.10. The van der Waals surface area contributed by atoms with Gasteiger partial charge < -0.3 is 15.5 Å². The lowest BCUT2D eigenvalue weighted by Gasteiger charge is -2.36. The summed E-state index contributed by atoms with van der Waals surface area (Å²) in [5.74, 6) is 1.11. The number of carbonyl (C=O) groups is 2. The Balaban J connectivity index is 0.00000281. The number of amides is 1. The molecule has 0 saturated heterocycles. The number of nitrogens with one attached hydrogen (secondary N) is 2. The van der Waals surface area contributed by atoms with Crippen LogP contribution in [-0.4, -0.2) is 50.8 Å².